The molecule has 94 valence electrons. The molecule has 1 aromatic carbocycles. The Morgan fingerprint density at radius 3 is 2.71 bits per heavy atom. The standard InChI is InChI=1S/C14H20ClNO/c1-3-11(9-16)7-13(17)8-12-5-4-10(2)6-14(12)15/h4-6,11H,3,7-9,16H2,1-2H3. The Hall–Kier alpha value is -0.860. The third-order valence-electron chi connectivity index (χ3n) is 3.02. The van der Waals surface area contributed by atoms with Gasteiger partial charge in [0, 0.05) is 17.9 Å². The highest BCUT2D eigenvalue weighted by molar-refractivity contribution is 6.31. The van der Waals surface area contributed by atoms with E-state index in [0.29, 0.717) is 30.3 Å². The lowest BCUT2D eigenvalue weighted by molar-refractivity contribution is -0.119. The summed E-state index contributed by atoms with van der Waals surface area (Å²) in [5, 5.41) is 0.680. The summed E-state index contributed by atoms with van der Waals surface area (Å²) in [5.41, 5.74) is 7.62. The second-order valence-electron chi connectivity index (χ2n) is 4.52. The van der Waals surface area contributed by atoms with Crippen molar-refractivity contribution < 1.29 is 4.79 Å². The lowest BCUT2D eigenvalue weighted by Gasteiger charge is -2.11. The van der Waals surface area contributed by atoms with Crippen LogP contribution in [0.2, 0.25) is 5.02 Å². The Labute approximate surface area is 108 Å². The van der Waals surface area contributed by atoms with Crippen molar-refractivity contribution >= 4 is 17.4 Å². The van der Waals surface area contributed by atoms with Gasteiger partial charge in [-0.05, 0) is 36.6 Å². The molecule has 0 aliphatic rings. The Morgan fingerprint density at radius 1 is 1.47 bits per heavy atom. The van der Waals surface area contributed by atoms with Gasteiger partial charge in [-0.15, -0.1) is 0 Å². The molecule has 2 nitrogen and oxygen atoms in total. The molecule has 0 aliphatic heterocycles. The molecule has 1 aromatic rings. The van der Waals surface area contributed by atoms with E-state index in [2.05, 4.69) is 6.92 Å². The lowest BCUT2D eigenvalue weighted by atomic mass is 9.96. The van der Waals surface area contributed by atoms with Crippen LogP contribution in [-0.4, -0.2) is 12.3 Å². The molecule has 1 rings (SSSR count). The Kier molecular flexibility index (Phi) is 5.66. The van der Waals surface area contributed by atoms with Gasteiger partial charge in [-0.3, -0.25) is 4.79 Å². The molecule has 1 unspecified atom stereocenters. The van der Waals surface area contributed by atoms with Gasteiger partial charge in [-0.2, -0.15) is 0 Å². The highest BCUT2D eigenvalue weighted by atomic mass is 35.5. The highest BCUT2D eigenvalue weighted by Gasteiger charge is 2.12. The molecule has 0 fully saturated rings. The molecule has 17 heavy (non-hydrogen) atoms. The minimum atomic E-state index is 0.216. The monoisotopic (exact) mass is 253 g/mol. The zero-order chi connectivity index (χ0) is 12.8. The second-order valence-corrected chi connectivity index (χ2v) is 4.93. The van der Waals surface area contributed by atoms with Gasteiger partial charge in [0.25, 0.3) is 0 Å². The third kappa shape index (κ3) is 4.49. The first kappa shape index (κ1) is 14.2. The van der Waals surface area contributed by atoms with Gasteiger partial charge in [-0.1, -0.05) is 37.1 Å². The molecule has 0 aromatic heterocycles. The number of aryl methyl sites for hydroxylation is 1. The summed E-state index contributed by atoms with van der Waals surface area (Å²) in [5.74, 6) is 0.514. The molecular weight excluding hydrogens is 234 g/mol. The van der Waals surface area contributed by atoms with Crippen molar-refractivity contribution in [2.45, 2.75) is 33.1 Å². The van der Waals surface area contributed by atoms with Crippen LogP contribution in [0.3, 0.4) is 0 Å². The molecule has 0 aliphatic carbocycles. The number of benzene rings is 1. The number of ketones is 1. The minimum absolute atomic E-state index is 0.216. The van der Waals surface area contributed by atoms with Crippen LogP contribution in [0.4, 0.5) is 0 Å². The fraction of sp³-hybridized carbons (Fsp3) is 0.500. The van der Waals surface area contributed by atoms with E-state index in [1.54, 1.807) is 0 Å². The van der Waals surface area contributed by atoms with Crippen LogP contribution in [0, 0.1) is 12.8 Å². The summed E-state index contributed by atoms with van der Waals surface area (Å²) in [6, 6.07) is 5.80. The van der Waals surface area contributed by atoms with Gasteiger partial charge < -0.3 is 5.73 Å². The van der Waals surface area contributed by atoms with Crippen molar-refractivity contribution in [2.24, 2.45) is 11.7 Å². The fourth-order valence-corrected chi connectivity index (χ4v) is 2.10. The van der Waals surface area contributed by atoms with Crippen LogP contribution in [-0.2, 0) is 11.2 Å². The van der Waals surface area contributed by atoms with E-state index in [9.17, 15) is 4.79 Å². The molecule has 0 heterocycles. The van der Waals surface area contributed by atoms with Gasteiger partial charge in [0.2, 0.25) is 0 Å². The molecule has 0 spiro atoms. The summed E-state index contributed by atoms with van der Waals surface area (Å²) in [6.07, 6.45) is 1.91. The van der Waals surface area contributed by atoms with Crippen molar-refractivity contribution in [3.63, 3.8) is 0 Å². The average molecular weight is 254 g/mol. The maximum absolute atomic E-state index is 11.9. The van der Waals surface area contributed by atoms with E-state index < -0.39 is 0 Å². The third-order valence-corrected chi connectivity index (χ3v) is 3.38. The maximum Gasteiger partial charge on any atom is 0.137 e. The lowest BCUT2D eigenvalue weighted by Crippen LogP contribution is -2.18. The summed E-state index contributed by atoms with van der Waals surface area (Å²) < 4.78 is 0. The Bertz CT molecular complexity index is 386. The second kappa shape index (κ2) is 6.77. The molecule has 3 heteroatoms. The number of hydrogen-bond acceptors (Lipinski definition) is 2. The Balaban J connectivity index is 2.62. The number of carbonyl (C=O) groups excluding carboxylic acids is 1. The highest BCUT2D eigenvalue weighted by Crippen LogP contribution is 2.19. The summed E-state index contributed by atoms with van der Waals surface area (Å²) >= 11 is 6.10. The zero-order valence-corrected chi connectivity index (χ0v) is 11.3. The van der Waals surface area contributed by atoms with Crippen LogP contribution in [0.1, 0.15) is 30.9 Å². The van der Waals surface area contributed by atoms with Gasteiger partial charge in [-0.25, -0.2) is 0 Å². The Morgan fingerprint density at radius 2 is 2.18 bits per heavy atom. The maximum atomic E-state index is 11.9. The number of nitrogens with two attached hydrogens (primary N) is 1. The van der Waals surface area contributed by atoms with Crippen LogP contribution in [0.5, 0.6) is 0 Å². The predicted molar refractivity (Wildman–Crippen MR) is 72.4 cm³/mol. The van der Waals surface area contributed by atoms with Crippen molar-refractivity contribution in [3.05, 3.63) is 34.3 Å². The first-order valence-corrected chi connectivity index (χ1v) is 6.41. The van der Waals surface area contributed by atoms with Gasteiger partial charge in [0.1, 0.15) is 5.78 Å². The normalized spacial score (nSPS) is 12.5. The molecule has 0 bridgehead atoms. The number of Topliss-reactive ketones (excluding diaryl/α,β-unsaturated/α-hetero) is 1. The van der Waals surface area contributed by atoms with Crippen LogP contribution < -0.4 is 5.73 Å². The van der Waals surface area contributed by atoms with E-state index >= 15 is 0 Å². The topological polar surface area (TPSA) is 43.1 Å². The first-order chi connectivity index (χ1) is 8.06. The number of halogens is 1. The van der Waals surface area contributed by atoms with E-state index in [4.69, 9.17) is 17.3 Å². The van der Waals surface area contributed by atoms with Gasteiger partial charge >= 0.3 is 0 Å². The minimum Gasteiger partial charge on any atom is -0.330 e. The SMILES string of the molecule is CCC(CN)CC(=O)Cc1ccc(C)cc1Cl. The molecular formula is C14H20ClNO. The van der Waals surface area contributed by atoms with Crippen molar-refractivity contribution in [1.82, 2.24) is 0 Å². The number of carbonyl (C=O) groups is 1. The molecule has 0 amide bonds. The quantitative estimate of drug-likeness (QED) is 0.847. The van der Waals surface area contributed by atoms with Crippen LogP contribution in [0.15, 0.2) is 18.2 Å². The molecule has 0 saturated heterocycles. The molecule has 0 radical (unpaired) electrons. The molecule has 1 atom stereocenters. The molecule has 0 saturated carbocycles. The predicted octanol–water partition coefficient (Wildman–Crippen LogP) is 3.14. The van der Waals surface area contributed by atoms with Crippen LogP contribution >= 0.6 is 11.6 Å². The summed E-state index contributed by atoms with van der Waals surface area (Å²) in [4.78, 5) is 11.9. The average Bonchev–Trinajstić information content (AvgIpc) is 2.29. The number of rotatable bonds is 6. The summed E-state index contributed by atoms with van der Waals surface area (Å²) in [7, 11) is 0. The first-order valence-electron chi connectivity index (χ1n) is 6.03. The zero-order valence-electron chi connectivity index (χ0n) is 10.5. The van der Waals surface area contributed by atoms with E-state index in [0.717, 1.165) is 17.5 Å². The van der Waals surface area contributed by atoms with E-state index in [-0.39, 0.29) is 5.78 Å². The summed E-state index contributed by atoms with van der Waals surface area (Å²) in [6.45, 7) is 4.62. The number of hydrogen-bond donors (Lipinski definition) is 1. The van der Waals surface area contributed by atoms with Crippen LogP contribution in [0.25, 0.3) is 0 Å². The smallest absolute Gasteiger partial charge is 0.137 e. The van der Waals surface area contributed by atoms with Gasteiger partial charge in [0.15, 0.2) is 0 Å². The van der Waals surface area contributed by atoms with E-state index in [1.807, 2.05) is 25.1 Å². The van der Waals surface area contributed by atoms with E-state index in [1.165, 1.54) is 0 Å². The largest absolute Gasteiger partial charge is 0.330 e. The van der Waals surface area contributed by atoms with Crippen molar-refractivity contribution in [3.8, 4) is 0 Å². The molecule has 2 N–H and O–H groups in total. The fourth-order valence-electron chi connectivity index (χ4n) is 1.80. The van der Waals surface area contributed by atoms with Crippen molar-refractivity contribution in [2.75, 3.05) is 6.54 Å². The van der Waals surface area contributed by atoms with Gasteiger partial charge in [0.05, 0.1) is 0 Å². The van der Waals surface area contributed by atoms with Crippen molar-refractivity contribution in [1.29, 1.82) is 0 Å².